The van der Waals surface area contributed by atoms with Crippen LogP contribution in [0.1, 0.15) is 49.8 Å². The molecule has 1 saturated carbocycles. The Hall–Kier alpha value is -1.02. The number of hydrogen-bond donors (Lipinski definition) is 2. The van der Waals surface area contributed by atoms with E-state index in [1.54, 1.807) is 0 Å². The summed E-state index contributed by atoms with van der Waals surface area (Å²) in [6.07, 6.45) is 6.25. The second-order valence-corrected chi connectivity index (χ2v) is 5.77. The Balaban J connectivity index is 1.76. The first-order chi connectivity index (χ1) is 8.22. The highest BCUT2D eigenvalue weighted by atomic mass is 16.3. The normalized spacial score (nSPS) is 31.7. The van der Waals surface area contributed by atoms with E-state index in [4.69, 9.17) is 0 Å². The Morgan fingerprint density at radius 2 is 2.12 bits per heavy atom. The summed E-state index contributed by atoms with van der Waals surface area (Å²) in [5.74, 6) is 1.29. The van der Waals surface area contributed by atoms with E-state index < -0.39 is 0 Å². The Kier molecular flexibility index (Phi) is 2.83. The van der Waals surface area contributed by atoms with Gasteiger partial charge in [0.05, 0.1) is 0 Å². The minimum Gasteiger partial charge on any atom is -0.508 e. The highest BCUT2D eigenvalue weighted by Crippen LogP contribution is 2.35. The molecule has 0 radical (unpaired) electrons. The van der Waals surface area contributed by atoms with Crippen LogP contribution in [0.25, 0.3) is 0 Å². The summed E-state index contributed by atoms with van der Waals surface area (Å²) < 4.78 is 0. The number of aryl methyl sites for hydroxylation is 1. The summed E-state index contributed by atoms with van der Waals surface area (Å²) in [4.78, 5) is 0. The van der Waals surface area contributed by atoms with Crippen LogP contribution in [0.15, 0.2) is 18.2 Å². The quantitative estimate of drug-likeness (QED) is 0.819. The van der Waals surface area contributed by atoms with Gasteiger partial charge in [-0.05, 0) is 61.3 Å². The number of phenols is 1. The smallest absolute Gasteiger partial charge is 0.115 e. The van der Waals surface area contributed by atoms with E-state index in [9.17, 15) is 5.11 Å². The fourth-order valence-corrected chi connectivity index (χ4v) is 3.28. The summed E-state index contributed by atoms with van der Waals surface area (Å²) in [7, 11) is 0. The number of rotatable bonds is 2. The number of benzene rings is 1. The monoisotopic (exact) mass is 231 g/mol. The van der Waals surface area contributed by atoms with E-state index in [1.807, 2.05) is 12.1 Å². The molecule has 0 aliphatic heterocycles. The van der Waals surface area contributed by atoms with Crippen LogP contribution >= 0.6 is 0 Å². The van der Waals surface area contributed by atoms with Crippen LogP contribution in [0.3, 0.4) is 0 Å². The van der Waals surface area contributed by atoms with Crippen molar-refractivity contribution in [2.24, 2.45) is 5.92 Å². The molecule has 3 rings (SSSR count). The second kappa shape index (κ2) is 4.34. The lowest BCUT2D eigenvalue weighted by Crippen LogP contribution is -2.42. The zero-order chi connectivity index (χ0) is 11.8. The van der Waals surface area contributed by atoms with E-state index >= 15 is 0 Å². The van der Waals surface area contributed by atoms with Gasteiger partial charge < -0.3 is 10.4 Å². The van der Waals surface area contributed by atoms with Crippen LogP contribution in [0, 0.1) is 5.92 Å². The minimum absolute atomic E-state index is 0.402. The van der Waals surface area contributed by atoms with Crippen molar-refractivity contribution in [3.05, 3.63) is 29.3 Å². The summed E-state index contributed by atoms with van der Waals surface area (Å²) in [6.45, 7) is 2.32. The average molecular weight is 231 g/mol. The fraction of sp³-hybridized carbons (Fsp3) is 0.600. The zero-order valence-electron chi connectivity index (χ0n) is 10.4. The molecule has 17 heavy (non-hydrogen) atoms. The summed E-state index contributed by atoms with van der Waals surface area (Å²) in [6, 6.07) is 7.01. The van der Waals surface area contributed by atoms with Gasteiger partial charge in [-0.2, -0.15) is 0 Å². The zero-order valence-corrected chi connectivity index (χ0v) is 10.4. The van der Waals surface area contributed by atoms with Crippen molar-refractivity contribution in [3.63, 3.8) is 0 Å². The van der Waals surface area contributed by atoms with Crippen molar-refractivity contribution in [2.45, 2.75) is 51.1 Å². The van der Waals surface area contributed by atoms with E-state index in [1.165, 1.54) is 36.8 Å². The molecule has 1 aromatic rings. The Bertz CT molecular complexity index is 409. The molecule has 2 aliphatic carbocycles. The van der Waals surface area contributed by atoms with Gasteiger partial charge in [-0.1, -0.05) is 13.0 Å². The topological polar surface area (TPSA) is 32.3 Å². The van der Waals surface area contributed by atoms with Gasteiger partial charge in [0.15, 0.2) is 0 Å². The molecule has 1 atom stereocenters. The Morgan fingerprint density at radius 3 is 2.88 bits per heavy atom. The number of phenolic OH excluding ortho intramolecular Hbond substituents is 1. The lowest BCUT2D eigenvalue weighted by molar-refractivity contribution is 0.215. The number of fused-ring (bicyclic) bond motifs is 1. The first-order valence-electron chi connectivity index (χ1n) is 6.80. The Morgan fingerprint density at radius 1 is 1.29 bits per heavy atom. The summed E-state index contributed by atoms with van der Waals surface area (Å²) in [5, 5.41) is 13.4. The van der Waals surface area contributed by atoms with Crippen molar-refractivity contribution in [1.29, 1.82) is 0 Å². The van der Waals surface area contributed by atoms with Crippen LogP contribution in [-0.4, -0.2) is 11.1 Å². The third kappa shape index (κ3) is 2.19. The van der Waals surface area contributed by atoms with Gasteiger partial charge in [-0.3, -0.25) is 0 Å². The lowest BCUT2D eigenvalue weighted by Gasteiger charge is -2.38. The largest absolute Gasteiger partial charge is 0.508 e. The van der Waals surface area contributed by atoms with E-state index in [0.717, 1.165) is 12.3 Å². The lowest BCUT2D eigenvalue weighted by atomic mass is 9.79. The van der Waals surface area contributed by atoms with Gasteiger partial charge in [0.2, 0.25) is 0 Å². The van der Waals surface area contributed by atoms with Gasteiger partial charge in [0, 0.05) is 12.1 Å². The average Bonchev–Trinajstić information content (AvgIpc) is 2.28. The third-order valence-electron chi connectivity index (χ3n) is 4.25. The van der Waals surface area contributed by atoms with E-state index in [2.05, 4.69) is 18.3 Å². The molecule has 0 saturated heterocycles. The van der Waals surface area contributed by atoms with Crippen LogP contribution < -0.4 is 5.32 Å². The van der Waals surface area contributed by atoms with Gasteiger partial charge in [0.25, 0.3) is 0 Å². The molecule has 0 aromatic heterocycles. The van der Waals surface area contributed by atoms with Gasteiger partial charge in [-0.25, -0.2) is 0 Å². The van der Waals surface area contributed by atoms with Crippen LogP contribution in [0.4, 0.5) is 0 Å². The predicted molar refractivity (Wildman–Crippen MR) is 69.1 cm³/mol. The SMILES string of the molecule is CC1CC(NC2CCCc3ccc(O)cc32)C1. The first-order valence-corrected chi connectivity index (χ1v) is 6.80. The molecular weight excluding hydrogens is 210 g/mol. The van der Waals surface area contributed by atoms with Gasteiger partial charge in [0.1, 0.15) is 5.75 Å². The van der Waals surface area contributed by atoms with Crippen molar-refractivity contribution in [1.82, 2.24) is 5.32 Å². The summed E-state index contributed by atoms with van der Waals surface area (Å²) in [5.41, 5.74) is 2.75. The van der Waals surface area contributed by atoms with Crippen molar-refractivity contribution in [2.75, 3.05) is 0 Å². The highest BCUT2D eigenvalue weighted by Gasteiger charge is 2.29. The van der Waals surface area contributed by atoms with Crippen LogP contribution in [0.2, 0.25) is 0 Å². The molecule has 2 heteroatoms. The third-order valence-corrected chi connectivity index (χ3v) is 4.25. The van der Waals surface area contributed by atoms with Crippen molar-refractivity contribution >= 4 is 0 Å². The van der Waals surface area contributed by atoms with Gasteiger partial charge in [-0.15, -0.1) is 0 Å². The predicted octanol–water partition coefficient (Wildman–Crippen LogP) is 3.16. The molecular formula is C15H21NO. The van der Waals surface area contributed by atoms with E-state index in [-0.39, 0.29) is 0 Å². The Labute approximate surface area is 103 Å². The molecule has 0 heterocycles. The standard InChI is InChI=1S/C15H21NO/c1-10-7-12(8-10)16-15-4-2-3-11-5-6-13(17)9-14(11)15/h5-6,9-10,12,15-17H,2-4,7-8H2,1H3. The van der Waals surface area contributed by atoms with Crippen molar-refractivity contribution < 1.29 is 5.11 Å². The van der Waals surface area contributed by atoms with Crippen LogP contribution in [0.5, 0.6) is 5.75 Å². The molecule has 2 N–H and O–H groups in total. The number of nitrogens with one attached hydrogen (secondary N) is 1. The number of hydrogen-bond acceptors (Lipinski definition) is 2. The maximum atomic E-state index is 9.63. The molecule has 2 nitrogen and oxygen atoms in total. The fourth-order valence-electron chi connectivity index (χ4n) is 3.28. The molecule has 0 spiro atoms. The molecule has 2 aliphatic rings. The highest BCUT2D eigenvalue weighted by molar-refractivity contribution is 5.38. The molecule has 92 valence electrons. The molecule has 1 aromatic carbocycles. The van der Waals surface area contributed by atoms with Crippen LogP contribution in [-0.2, 0) is 6.42 Å². The maximum absolute atomic E-state index is 9.63. The van der Waals surface area contributed by atoms with Crippen molar-refractivity contribution in [3.8, 4) is 5.75 Å². The molecule has 0 amide bonds. The summed E-state index contributed by atoms with van der Waals surface area (Å²) >= 11 is 0. The maximum Gasteiger partial charge on any atom is 0.115 e. The minimum atomic E-state index is 0.402. The molecule has 1 unspecified atom stereocenters. The van der Waals surface area contributed by atoms with Gasteiger partial charge >= 0.3 is 0 Å². The number of aromatic hydroxyl groups is 1. The second-order valence-electron chi connectivity index (χ2n) is 5.77. The molecule has 1 fully saturated rings. The molecule has 0 bridgehead atoms. The van der Waals surface area contributed by atoms with E-state index in [0.29, 0.717) is 17.8 Å². The first kappa shape index (κ1) is 11.1.